The molecule has 0 aromatic heterocycles. The Kier molecular flexibility index (Phi) is 5.58. The van der Waals surface area contributed by atoms with E-state index in [9.17, 15) is 5.11 Å². The van der Waals surface area contributed by atoms with Crippen LogP contribution in [0.5, 0.6) is 0 Å². The molecule has 0 bridgehead atoms. The van der Waals surface area contributed by atoms with Gasteiger partial charge in [-0.1, -0.05) is 37.3 Å². The van der Waals surface area contributed by atoms with Crippen molar-refractivity contribution in [1.82, 2.24) is 10.2 Å². The molecular formula is C17H28N2O. The number of aliphatic hydroxyl groups excluding tert-OH is 1. The van der Waals surface area contributed by atoms with Gasteiger partial charge in [0, 0.05) is 12.6 Å². The van der Waals surface area contributed by atoms with Gasteiger partial charge in [0.15, 0.2) is 0 Å². The summed E-state index contributed by atoms with van der Waals surface area (Å²) in [5.41, 5.74) is 0.852. The van der Waals surface area contributed by atoms with Gasteiger partial charge in [0.2, 0.25) is 0 Å². The van der Waals surface area contributed by atoms with Crippen LogP contribution >= 0.6 is 0 Å². The fraction of sp³-hybridized carbons (Fsp3) is 0.647. The van der Waals surface area contributed by atoms with Crippen molar-refractivity contribution >= 4 is 0 Å². The first-order valence-electron chi connectivity index (χ1n) is 7.87. The molecule has 2 N–H and O–H groups in total. The molecule has 0 aliphatic carbocycles. The van der Waals surface area contributed by atoms with E-state index >= 15 is 0 Å². The molecule has 0 saturated carbocycles. The highest BCUT2D eigenvalue weighted by Crippen LogP contribution is 2.26. The van der Waals surface area contributed by atoms with Gasteiger partial charge in [0.05, 0.1) is 12.1 Å². The minimum Gasteiger partial charge on any atom is -0.394 e. The number of benzene rings is 1. The maximum Gasteiger partial charge on any atom is 0.0797 e. The van der Waals surface area contributed by atoms with Crippen LogP contribution in [0, 0.1) is 0 Å². The normalized spacial score (nSPS) is 22.9. The van der Waals surface area contributed by atoms with Crippen LogP contribution in [0.2, 0.25) is 0 Å². The highest BCUT2D eigenvalue weighted by molar-refractivity contribution is 5.25. The van der Waals surface area contributed by atoms with Gasteiger partial charge in [-0.3, -0.25) is 4.90 Å². The summed E-state index contributed by atoms with van der Waals surface area (Å²) >= 11 is 0. The minimum atomic E-state index is -0.337. The number of nitrogens with one attached hydrogen (secondary N) is 1. The number of aliphatic hydroxyl groups is 1. The molecule has 2 unspecified atom stereocenters. The smallest absolute Gasteiger partial charge is 0.0797 e. The molecule has 112 valence electrons. The summed E-state index contributed by atoms with van der Waals surface area (Å²) in [4.78, 5) is 2.51. The maximum absolute atomic E-state index is 10.1. The van der Waals surface area contributed by atoms with Crippen molar-refractivity contribution < 1.29 is 5.11 Å². The molecule has 1 aliphatic heterocycles. The summed E-state index contributed by atoms with van der Waals surface area (Å²) in [5.74, 6) is 0. The molecule has 2 atom stereocenters. The zero-order valence-electron chi connectivity index (χ0n) is 12.8. The molecule has 2 rings (SSSR count). The summed E-state index contributed by atoms with van der Waals surface area (Å²) in [7, 11) is 0. The number of nitrogens with zero attached hydrogens (tertiary/aromatic N) is 1. The predicted octanol–water partition coefficient (Wildman–Crippen LogP) is 2.36. The quantitative estimate of drug-likeness (QED) is 0.802. The van der Waals surface area contributed by atoms with Gasteiger partial charge in [0.1, 0.15) is 0 Å². The lowest BCUT2D eigenvalue weighted by molar-refractivity contribution is 0.103. The number of hydrogen-bond donors (Lipinski definition) is 2. The van der Waals surface area contributed by atoms with Gasteiger partial charge in [-0.15, -0.1) is 0 Å². The average Bonchev–Trinajstić information content (AvgIpc) is 2.89. The van der Waals surface area contributed by atoms with Crippen molar-refractivity contribution in [3.05, 3.63) is 35.9 Å². The van der Waals surface area contributed by atoms with Gasteiger partial charge in [-0.2, -0.15) is 0 Å². The Morgan fingerprint density at radius 3 is 2.65 bits per heavy atom. The average molecular weight is 276 g/mol. The van der Waals surface area contributed by atoms with Crippen molar-refractivity contribution in [3.63, 3.8) is 0 Å². The van der Waals surface area contributed by atoms with Crippen LogP contribution in [-0.4, -0.2) is 42.3 Å². The first kappa shape index (κ1) is 15.5. The number of rotatable bonds is 7. The van der Waals surface area contributed by atoms with Crippen molar-refractivity contribution in [3.8, 4) is 0 Å². The molecule has 1 aromatic carbocycles. The second-order valence-corrected chi connectivity index (χ2v) is 5.99. The third kappa shape index (κ3) is 3.40. The van der Waals surface area contributed by atoms with E-state index in [-0.39, 0.29) is 12.1 Å². The van der Waals surface area contributed by atoms with Crippen molar-refractivity contribution in [2.75, 3.05) is 26.2 Å². The van der Waals surface area contributed by atoms with Gasteiger partial charge in [-0.25, -0.2) is 0 Å². The van der Waals surface area contributed by atoms with Crippen LogP contribution in [0.3, 0.4) is 0 Å². The SMILES string of the molecule is CCCNC(CO)(CN1CCCC1C)c1ccccc1. The summed E-state index contributed by atoms with van der Waals surface area (Å²) in [6, 6.07) is 11.0. The zero-order valence-corrected chi connectivity index (χ0v) is 12.8. The zero-order chi connectivity index (χ0) is 14.4. The first-order chi connectivity index (χ1) is 9.72. The standard InChI is InChI=1S/C17H28N2O/c1-3-11-18-17(14-20,16-9-5-4-6-10-16)13-19-12-7-8-15(19)2/h4-6,9-10,15,18,20H,3,7-8,11-14H2,1-2H3. The van der Waals surface area contributed by atoms with Gasteiger partial charge >= 0.3 is 0 Å². The van der Waals surface area contributed by atoms with E-state index in [1.165, 1.54) is 18.4 Å². The summed E-state index contributed by atoms with van der Waals surface area (Å²) in [6.45, 7) is 7.55. The Balaban J connectivity index is 2.22. The van der Waals surface area contributed by atoms with Crippen LogP contribution in [0.25, 0.3) is 0 Å². The summed E-state index contributed by atoms with van der Waals surface area (Å²) in [6.07, 6.45) is 3.61. The largest absolute Gasteiger partial charge is 0.394 e. The topological polar surface area (TPSA) is 35.5 Å². The Bertz CT molecular complexity index is 395. The lowest BCUT2D eigenvalue weighted by Crippen LogP contribution is -2.54. The maximum atomic E-state index is 10.1. The van der Waals surface area contributed by atoms with E-state index < -0.39 is 0 Å². The second-order valence-electron chi connectivity index (χ2n) is 5.99. The number of hydrogen-bond acceptors (Lipinski definition) is 3. The van der Waals surface area contributed by atoms with Crippen molar-refractivity contribution in [2.24, 2.45) is 0 Å². The molecule has 1 aliphatic rings. The minimum absolute atomic E-state index is 0.139. The molecule has 3 heteroatoms. The van der Waals surface area contributed by atoms with E-state index in [0.717, 1.165) is 26.1 Å². The Morgan fingerprint density at radius 2 is 2.10 bits per heavy atom. The fourth-order valence-corrected chi connectivity index (χ4v) is 3.14. The van der Waals surface area contributed by atoms with Crippen LogP contribution < -0.4 is 5.32 Å². The molecule has 1 fully saturated rings. The van der Waals surface area contributed by atoms with Gasteiger partial charge < -0.3 is 10.4 Å². The molecule has 3 nitrogen and oxygen atoms in total. The molecule has 1 aromatic rings. The Morgan fingerprint density at radius 1 is 1.35 bits per heavy atom. The van der Waals surface area contributed by atoms with Crippen LogP contribution in [0.4, 0.5) is 0 Å². The summed E-state index contributed by atoms with van der Waals surface area (Å²) in [5, 5.41) is 13.7. The lowest BCUT2D eigenvalue weighted by atomic mass is 9.89. The van der Waals surface area contributed by atoms with Gasteiger partial charge in [-0.05, 0) is 44.8 Å². The van der Waals surface area contributed by atoms with E-state index in [4.69, 9.17) is 0 Å². The second kappa shape index (κ2) is 7.21. The fourth-order valence-electron chi connectivity index (χ4n) is 3.14. The Hall–Kier alpha value is -0.900. The molecule has 1 saturated heterocycles. The van der Waals surface area contributed by atoms with E-state index in [1.807, 2.05) is 6.07 Å². The monoisotopic (exact) mass is 276 g/mol. The molecular weight excluding hydrogens is 248 g/mol. The van der Waals surface area contributed by atoms with Crippen LogP contribution in [0.15, 0.2) is 30.3 Å². The first-order valence-corrected chi connectivity index (χ1v) is 7.87. The lowest BCUT2D eigenvalue weighted by Gasteiger charge is -2.38. The molecule has 0 radical (unpaired) electrons. The highest BCUT2D eigenvalue weighted by atomic mass is 16.3. The highest BCUT2D eigenvalue weighted by Gasteiger charge is 2.35. The molecule has 0 spiro atoms. The van der Waals surface area contributed by atoms with E-state index in [0.29, 0.717) is 6.04 Å². The molecule has 1 heterocycles. The van der Waals surface area contributed by atoms with Gasteiger partial charge in [0.25, 0.3) is 0 Å². The third-order valence-electron chi connectivity index (χ3n) is 4.47. The third-order valence-corrected chi connectivity index (χ3v) is 4.47. The predicted molar refractivity (Wildman–Crippen MR) is 83.8 cm³/mol. The van der Waals surface area contributed by atoms with Crippen molar-refractivity contribution in [2.45, 2.75) is 44.7 Å². The molecule has 0 amide bonds. The van der Waals surface area contributed by atoms with Crippen LogP contribution in [0.1, 0.15) is 38.7 Å². The number of likely N-dealkylation sites (tertiary alicyclic amines) is 1. The van der Waals surface area contributed by atoms with E-state index in [2.05, 4.69) is 48.3 Å². The van der Waals surface area contributed by atoms with Crippen LogP contribution in [-0.2, 0) is 5.54 Å². The van der Waals surface area contributed by atoms with E-state index in [1.54, 1.807) is 0 Å². The Labute approximate surface area is 123 Å². The van der Waals surface area contributed by atoms with Crippen molar-refractivity contribution in [1.29, 1.82) is 0 Å². The molecule has 20 heavy (non-hydrogen) atoms. The summed E-state index contributed by atoms with van der Waals surface area (Å²) < 4.78 is 0.